The fraction of sp³-hybridized carbons (Fsp3) is 0. The van der Waals surface area contributed by atoms with Crippen LogP contribution in [0.3, 0.4) is 0 Å². The van der Waals surface area contributed by atoms with Crippen molar-refractivity contribution in [3.63, 3.8) is 0 Å². The molecule has 0 heterocycles. The van der Waals surface area contributed by atoms with E-state index in [1.54, 1.807) is 0 Å². The standard InChI is InChI=1S/C6HF2O4S2/c7-3-1-5(13(9)10)4(8)2-6(3)14(11)12/h1H. The fourth-order valence-electron chi connectivity index (χ4n) is 0.708. The molecule has 0 saturated carbocycles. The van der Waals surface area contributed by atoms with Gasteiger partial charge in [0, 0.05) is 12.2 Å². The number of halogens is 2. The molecule has 1 aliphatic rings. The smallest absolute Gasteiger partial charge is 0.205 e. The summed E-state index contributed by atoms with van der Waals surface area (Å²) in [6.07, 6.45) is 1.76. The van der Waals surface area contributed by atoms with E-state index in [1.807, 2.05) is 0 Å². The molecule has 1 aliphatic carbocycles. The Morgan fingerprint density at radius 2 is 1.64 bits per heavy atom. The molecule has 14 heavy (non-hydrogen) atoms. The zero-order valence-electron chi connectivity index (χ0n) is 6.28. The van der Waals surface area contributed by atoms with Crippen LogP contribution in [0.15, 0.2) is 17.7 Å². The summed E-state index contributed by atoms with van der Waals surface area (Å²) in [7, 11) is -5.96. The lowest BCUT2D eigenvalue weighted by atomic mass is 10.2. The number of hydrogen-bond donors (Lipinski definition) is 0. The first-order valence-electron chi connectivity index (χ1n) is 3.03. The summed E-state index contributed by atoms with van der Waals surface area (Å²) < 4.78 is 66.6. The van der Waals surface area contributed by atoms with Crippen LogP contribution < -0.4 is 0 Å². The number of rotatable bonds is 0. The van der Waals surface area contributed by atoms with Gasteiger partial charge in [-0.2, -0.15) is 16.8 Å². The van der Waals surface area contributed by atoms with Crippen LogP contribution in [-0.2, 0) is 20.6 Å². The van der Waals surface area contributed by atoms with Crippen LogP contribution in [0.1, 0.15) is 0 Å². The van der Waals surface area contributed by atoms with Crippen LogP contribution in [0.25, 0.3) is 0 Å². The van der Waals surface area contributed by atoms with Crippen molar-refractivity contribution >= 4 is 30.3 Å². The topological polar surface area (TPSA) is 68.3 Å². The second kappa shape index (κ2) is 3.84. The van der Waals surface area contributed by atoms with Crippen molar-refractivity contribution in [1.82, 2.24) is 0 Å². The molecule has 1 rings (SSSR count). The molecule has 0 fully saturated rings. The SMILES string of the molecule is O=S(=O)=C1[C]=C(F)C(=S(=O)=O)C=C1F. The van der Waals surface area contributed by atoms with Crippen LogP contribution in [0.5, 0.6) is 0 Å². The summed E-state index contributed by atoms with van der Waals surface area (Å²) in [5.41, 5.74) is 0. The predicted molar refractivity (Wildman–Crippen MR) is 44.9 cm³/mol. The van der Waals surface area contributed by atoms with Crippen LogP contribution in [-0.4, -0.2) is 26.6 Å². The largest absolute Gasteiger partial charge is 0.225 e. The van der Waals surface area contributed by atoms with Gasteiger partial charge in [0.25, 0.3) is 0 Å². The lowest BCUT2D eigenvalue weighted by molar-refractivity contribution is 0.621. The first-order valence-corrected chi connectivity index (χ1v) is 5.18. The molecule has 4 nitrogen and oxygen atoms in total. The monoisotopic (exact) mass is 239 g/mol. The van der Waals surface area contributed by atoms with Gasteiger partial charge >= 0.3 is 0 Å². The molecule has 0 amide bonds. The Morgan fingerprint density at radius 3 is 2.07 bits per heavy atom. The molecular weight excluding hydrogens is 238 g/mol. The lowest BCUT2D eigenvalue weighted by Gasteiger charge is -2.00. The van der Waals surface area contributed by atoms with Gasteiger partial charge in [0.15, 0.2) is 5.83 Å². The molecule has 0 aromatic heterocycles. The molecule has 0 unspecified atom stereocenters. The van der Waals surface area contributed by atoms with Gasteiger partial charge in [-0.1, -0.05) is 0 Å². The average Bonchev–Trinajstić information content (AvgIpc) is 2.07. The van der Waals surface area contributed by atoms with Crippen molar-refractivity contribution < 1.29 is 25.6 Å². The first-order chi connectivity index (χ1) is 6.43. The van der Waals surface area contributed by atoms with E-state index in [0.29, 0.717) is 0 Å². The second-order valence-electron chi connectivity index (χ2n) is 2.09. The first kappa shape index (κ1) is 10.8. The molecule has 0 saturated heterocycles. The van der Waals surface area contributed by atoms with E-state index in [-0.39, 0.29) is 6.08 Å². The Hall–Kier alpha value is -1.28. The van der Waals surface area contributed by atoms with E-state index in [0.717, 1.165) is 0 Å². The average molecular weight is 239 g/mol. The van der Waals surface area contributed by atoms with E-state index < -0.39 is 42.0 Å². The lowest BCUT2D eigenvalue weighted by Crippen LogP contribution is -2.11. The third kappa shape index (κ3) is 1.96. The van der Waals surface area contributed by atoms with Crippen molar-refractivity contribution in [3.8, 4) is 0 Å². The van der Waals surface area contributed by atoms with E-state index in [1.165, 1.54) is 6.08 Å². The van der Waals surface area contributed by atoms with Crippen molar-refractivity contribution in [2.45, 2.75) is 0 Å². The molecule has 0 spiro atoms. The molecule has 75 valence electrons. The van der Waals surface area contributed by atoms with Crippen LogP contribution in [0.4, 0.5) is 8.78 Å². The van der Waals surface area contributed by atoms with Gasteiger partial charge < -0.3 is 0 Å². The summed E-state index contributed by atoms with van der Waals surface area (Å²) in [6.45, 7) is 0. The summed E-state index contributed by atoms with van der Waals surface area (Å²) in [5.74, 6) is -2.79. The minimum atomic E-state index is -2.99. The molecule has 8 heteroatoms. The predicted octanol–water partition coefficient (Wildman–Crippen LogP) is -0.387. The molecule has 1 radical (unpaired) electrons. The quantitative estimate of drug-likeness (QED) is 0.540. The molecule has 0 atom stereocenters. The van der Waals surface area contributed by atoms with Gasteiger partial charge in [0.05, 0.1) is 0 Å². The highest BCUT2D eigenvalue weighted by atomic mass is 32.2. The van der Waals surface area contributed by atoms with E-state index in [2.05, 4.69) is 0 Å². The molecule has 0 aromatic rings. The van der Waals surface area contributed by atoms with Gasteiger partial charge in [-0.05, 0) is 0 Å². The summed E-state index contributed by atoms with van der Waals surface area (Å²) in [4.78, 5) is -1.99. The molecule has 0 aliphatic heterocycles. The highest BCUT2D eigenvalue weighted by Gasteiger charge is 2.20. The maximum atomic E-state index is 12.8. The van der Waals surface area contributed by atoms with Gasteiger partial charge in [-0.3, -0.25) is 0 Å². The van der Waals surface area contributed by atoms with Crippen LogP contribution >= 0.6 is 0 Å². The van der Waals surface area contributed by atoms with Crippen LogP contribution in [0, 0.1) is 6.08 Å². The Kier molecular flexibility index (Phi) is 2.96. The number of hydrogen-bond acceptors (Lipinski definition) is 4. The third-order valence-corrected chi connectivity index (χ3v) is 2.55. The summed E-state index contributed by atoms with van der Waals surface area (Å²) in [5, 5.41) is 0. The molecule has 0 bridgehead atoms. The van der Waals surface area contributed by atoms with Gasteiger partial charge in [-0.25, -0.2) is 8.78 Å². The minimum absolute atomic E-state index is 0.278. The molecular formula is C6HF2O4S2. The Morgan fingerprint density at radius 1 is 1.07 bits per heavy atom. The maximum Gasteiger partial charge on any atom is 0.225 e. The van der Waals surface area contributed by atoms with Crippen LogP contribution in [0.2, 0.25) is 0 Å². The summed E-state index contributed by atoms with van der Waals surface area (Å²) >= 11 is 0. The second-order valence-corrected chi connectivity index (χ2v) is 3.88. The fourth-order valence-corrected chi connectivity index (χ4v) is 1.50. The van der Waals surface area contributed by atoms with Crippen molar-refractivity contribution in [1.29, 1.82) is 0 Å². The molecule has 0 N–H and O–H groups in total. The zero-order chi connectivity index (χ0) is 10.9. The number of allylic oxidation sites excluding steroid dienone is 4. The molecule has 0 aromatic carbocycles. The van der Waals surface area contributed by atoms with Gasteiger partial charge in [0.1, 0.15) is 15.6 Å². The van der Waals surface area contributed by atoms with Crippen molar-refractivity contribution in [2.24, 2.45) is 0 Å². The maximum absolute atomic E-state index is 12.8. The van der Waals surface area contributed by atoms with E-state index >= 15 is 0 Å². The highest BCUT2D eigenvalue weighted by Crippen LogP contribution is 2.13. The van der Waals surface area contributed by atoms with E-state index in [9.17, 15) is 25.6 Å². The van der Waals surface area contributed by atoms with E-state index in [4.69, 9.17) is 0 Å². The summed E-state index contributed by atoms with van der Waals surface area (Å²) in [6, 6.07) is 0. The zero-order valence-corrected chi connectivity index (χ0v) is 7.92. The third-order valence-electron chi connectivity index (χ3n) is 1.26. The Labute approximate surface area is 80.2 Å². The normalized spacial score (nSPS) is 16.1. The van der Waals surface area contributed by atoms with Crippen molar-refractivity contribution in [2.75, 3.05) is 0 Å². The van der Waals surface area contributed by atoms with Gasteiger partial charge in [-0.15, -0.1) is 0 Å². The van der Waals surface area contributed by atoms with Crippen molar-refractivity contribution in [3.05, 3.63) is 23.8 Å². The minimum Gasteiger partial charge on any atom is -0.205 e. The Bertz CT molecular complexity index is 532. The highest BCUT2D eigenvalue weighted by molar-refractivity contribution is 7.74. The van der Waals surface area contributed by atoms with Gasteiger partial charge in [0.2, 0.25) is 20.6 Å². The Balaban J connectivity index is 3.61.